The third kappa shape index (κ3) is 4.11. The number of fused-ring (bicyclic) bond motifs is 3. The molecule has 6 nitrogen and oxygen atoms in total. The Morgan fingerprint density at radius 1 is 1.27 bits per heavy atom. The maximum atomic E-state index is 14.0. The predicted molar refractivity (Wildman–Crippen MR) is 110 cm³/mol. The fraction of sp³-hybridized carbons (Fsp3) is 0.273. The van der Waals surface area contributed by atoms with E-state index in [-0.39, 0.29) is 24.2 Å². The molecular formula is C22H20ClFN2O4. The highest BCUT2D eigenvalue weighted by Gasteiger charge is 2.28. The van der Waals surface area contributed by atoms with Crippen LogP contribution in [0.4, 0.5) is 9.18 Å². The van der Waals surface area contributed by atoms with Gasteiger partial charge in [-0.1, -0.05) is 41.9 Å². The first kappa shape index (κ1) is 20.2. The maximum Gasteiger partial charge on any atom is 0.407 e. The Bertz CT molecular complexity index is 1110. The number of hydrogen-bond acceptors (Lipinski definition) is 3. The molecule has 0 bridgehead atoms. The Balaban J connectivity index is 1.54. The molecule has 0 unspecified atom stereocenters. The first-order valence-electron chi connectivity index (χ1n) is 9.60. The zero-order valence-electron chi connectivity index (χ0n) is 16.0. The van der Waals surface area contributed by atoms with Crippen molar-refractivity contribution < 1.29 is 23.8 Å². The molecule has 0 spiro atoms. The van der Waals surface area contributed by atoms with E-state index in [9.17, 15) is 19.1 Å². The molecule has 1 aromatic heterocycles. The van der Waals surface area contributed by atoms with Crippen molar-refractivity contribution >= 4 is 34.6 Å². The van der Waals surface area contributed by atoms with Gasteiger partial charge in [0.2, 0.25) is 0 Å². The van der Waals surface area contributed by atoms with Gasteiger partial charge < -0.3 is 19.7 Å². The monoisotopic (exact) mass is 430 g/mol. The number of carboxylic acid groups (broad SMARTS) is 1. The van der Waals surface area contributed by atoms with Crippen LogP contribution in [0.2, 0.25) is 5.02 Å². The number of aliphatic carboxylic acids is 1. The topological polar surface area (TPSA) is 80.6 Å². The molecule has 1 aliphatic carbocycles. The fourth-order valence-electron chi connectivity index (χ4n) is 4.06. The molecule has 3 aromatic rings. The van der Waals surface area contributed by atoms with Crippen molar-refractivity contribution in [3.05, 3.63) is 70.1 Å². The van der Waals surface area contributed by atoms with Gasteiger partial charge in [-0.15, -0.1) is 0 Å². The molecule has 2 aromatic carbocycles. The maximum absolute atomic E-state index is 14.0. The van der Waals surface area contributed by atoms with Gasteiger partial charge in [-0.2, -0.15) is 0 Å². The van der Waals surface area contributed by atoms with Gasteiger partial charge in [0.1, 0.15) is 19.0 Å². The number of nitrogens with one attached hydrogen (secondary N) is 1. The van der Waals surface area contributed by atoms with Crippen molar-refractivity contribution in [2.45, 2.75) is 38.5 Å². The number of halogens is 2. The van der Waals surface area contributed by atoms with Crippen LogP contribution in [-0.2, 0) is 35.5 Å². The number of carbonyl (C=O) groups is 2. The smallest absolute Gasteiger partial charge is 0.407 e. The minimum Gasteiger partial charge on any atom is -0.480 e. The number of carboxylic acids is 1. The van der Waals surface area contributed by atoms with Gasteiger partial charge in [0.15, 0.2) is 0 Å². The summed E-state index contributed by atoms with van der Waals surface area (Å²) in [6.07, 6.45) is 1.08. The lowest BCUT2D eigenvalue weighted by atomic mass is 9.91. The van der Waals surface area contributed by atoms with Crippen LogP contribution >= 0.6 is 11.6 Å². The molecule has 1 aliphatic rings. The third-order valence-electron chi connectivity index (χ3n) is 5.31. The highest BCUT2D eigenvalue weighted by Crippen LogP contribution is 2.36. The summed E-state index contributed by atoms with van der Waals surface area (Å²) in [4.78, 5) is 23.6. The van der Waals surface area contributed by atoms with Crippen molar-refractivity contribution in [3.8, 4) is 0 Å². The van der Waals surface area contributed by atoms with Crippen LogP contribution in [0.15, 0.2) is 42.5 Å². The normalized spacial score (nSPS) is 15.6. The van der Waals surface area contributed by atoms with E-state index < -0.39 is 17.9 Å². The van der Waals surface area contributed by atoms with E-state index in [2.05, 4.69) is 5.32 Å². The van der Waals surface area contributed by atoms with Gasteiger partial charge in [0.05, 0.1) is 10.5 Å². The quantitative estimate of drug-likeness (QED) is 0.632. The van der Waals surface area contributed by atoms with Gasteiger partial charge in [-0.25, -0.2) is 9.18 Å². The Labute approximate surface area is 177 Å². The standard InChI is InChI=1S/C22H20ClFN2O4/c23-18-9-14(24)8-17-16-10-15(6-7-19(16)26(21(17)18)11-20(27)28)25-22(29)30-12-13-4-2-1-3-5-13/h1-5,8-9,15H,6-7,10-12H2,(H,25,29)(H,27,28)/t15-/m1/s1. The zero-order valence-corrected chi connectivity index (χ0v) is 16.8. The van der Waals surface area contributed by atoms with Crippen LogP contribution in [0.3, 0.4) is 0 Å². The largest absolute Gasteiger partial charge is 0.480 e. The number of nitrogens with zero attached hydrogens (tertiary/aromatic N) is 1. The molecule has 0 fully saturated rings. The number of ether oxygens (including phenoxy) is 1. The number of carbonyl (C=O) groups excluding carboxylic acids is 1. The van der Waals surface area contributed by atoms with E-state index in [4.69, 9.17) is 16.3 Å². The lowest BCUT2D eigenvalue weighted by Crippen LogP contribution is -2.39. The molecule has 0 saturated carbocycles. The molecule has 0 saturated heterocycles. The Hall–Kier alpha value is -3.06. The molecule has 2 N–H and O–H groups in total. The van der Waals surface area contributed by atoms with Crippen LogP contribution < -0.4 is 5.32 Å². The number of rotatable bonds is 5. The van der Waals surface area contributed by atoms with E-state index in [0.29, 0.717) is 30.2 Å². The minimum atomic E-state index is -1.00. The second kappa shape index (κ2) is 8.36. The molecule has 8 heteroatoms. The lowest BCUT2D eigenvalue weighted by molar-refractivity contribution is -0.137. The average molecular weight is 431 g/mol. The number of hydrogen-bond donors (Lipinski definition) is 2. The zero-order chi connectivity index (χ0) is 21.3. The first-order valence-corrected chi connectivity index (χ1v) is 9.98. The lowest BCUT2D eigenvalue weighted by Gasteiger charge is -2.24. The van der Waals surface area contributed by atoms with Gasteiger partial charge in [-0.3, -0.25) is 4.79 Å². The summed E-state index contributed by atoms with van der Waals surface area (Å²) >= 11 is 6.25. The Morgan fingerprint density at radius 3 is 2.77 bits per heavy atom. The minimum absolute atomic E-state index is 0.170. The van der Waals surface area contributed by atoms with Gasteiger partial charge >= 0.3 is 12.1 Å². The second-order valence-electron chi connectivity index (χ2n) is 7.33. The summed E-state index contributed by atoms with van der Waals surface area (Å²) in [7, 11) is 0. The van der Waals surface area contributed by atoms with E-state index >= 15 is 0 Å². The van der Waals surface area contributed by atoms with Crippen molar-refractivity contribution in [1.29, 1.82) is 0 Å². The predicted octanol–water partition coefficient (Wildman–Crippen LogP) is 4.30. The molecule has 30 heavy (non-hydrogen) atoms. The van der Waals surface area contributed by atoms with Crippen LogP contribution in [-0.4, -0.2) is 27.8 Å². The van der Waals surface area contributed by atoms with Gasteiger partial charge in [-0.05, 0) is 42.5 Å². The highest BCUT2D eigenvalue weighted by atomic mass is 35.5. The van der Waals surface area contributed by atoms with E-state index in [0.717, 1.165) is 16.8 Å². The summed E-state index contributed by atoms with van der Waals surface area (Å²) in [6, 6.07) is 11.7. The van der Waals surface area contributed by atoms with E-state index in [1.54, 1.807) is 4.57 Å². The fourth-order valence-corrected chi connectivity index (χ4v) is 4.37. The molecule has 1 heterocycles. The first-order chi connectivity index (χ1) is 14.4. The molecule has 156 valence electrons. The van der Waals surface area contributed by atoms with Crippen molar-refractivity contribution in [2.24, 2.45) is 0 Å². The van der Waals surface area contributed by atoms with Crippen LogP contribution in [0, 0.1) is 5.82 Å². The number of amides is 1. The summed E-state index contributed by atoms with van der Waals surface area (Å²) in [5.74, 6) is -1.49. The molecule has 0 aliphatic heterocycles. The molecular weight excluding hydrogens is 411 g/mol. The van der Waals surface area contributed by atoms with Crippen molar-refractivity contribution in [2.75, 3.05) is 0 Å². The molecule has 1 atom stereocenters. The Kier molecular flexibility index (Phi) is 5.63. The second-order valence-corrected chi connectivity index (χ2v) is 7.74. The van der Waals surface area contributed by atoms with E-state index in [1.807, 2.05) is 30.3 Å². The molecule has 1 amide bonds. The molecule has 0 radical (unpaired) electrons. The Morgan fingerprint density at radius 2 is 2.03 bits per heavy atom. The molecule has 4 rings (SSSR count). The number of aromatic nitrogens is 1. The van der Waals surface area contributed by atoms with E-state index in [1.165, 1.54) is 12.1 Å². The summed E-state index contributed by atoms with van der Waals surface area (Å²) in [5, 5.41) is 12.9. The third-order valence-corrected chi connectivity index (χ3v) is 5.59. The number of benzene rings is 2. The van der Waals surface area contributed by atoms with Crippen LogP contribution in [0.1, 0.15) is 23.2 Å². The summed E-state index contributed by atoms with van der Waals surface area (Å²) in [5.41, 5.74) is 3.03. The van der Waals surface area contributed by atoms with Gasteiger partial charge in [0.25, 0.3) is 0 Å². The summed E-state index contributed by atoms with van der Waals surface area (Å²) in [6.45, 7) is -0.0855. The van der Waals surface area contributed by atoms with Gasteiger partial charge in [0, 0.05) is 17.1 Å². The van der Waals surface area contributed by atoms with Crippen LogP contribution in [0.25, 0.3) is 10.9 Å². The van der Waals surface area contributed by atoms with Crippen molar-refractivity contribution in [3.63, 3.8) is 0 Å². The SMILES string of the molecule is O=C(O)Cn1c2c(c3cc(F)cc(Cl)c31)C[C@H](NC(=O)OCc1ccccc1)CC2. The number of alkyl carbamates (subject to hydrolysis) is 1. The average Bonchev–Trinajstić information content (AvgIpc) is 3.00. The van der Waals surface area contributed by atoms with Crippen LogP contribution in [0.5, 0.6) is 0 Å². The highest BCUT2D eigenvalue weighted by molar-refractivity contribution is 6.35. The van der Waals surface area contributed by atoms with Crippen molar-refractivity contribution in [1.82, 2.24) is 9.88 Å². The summed E-state index contributed by atoms with van der Waals surface area (Å²) < 4.78 is 20.9.